The maximum absolute atomic E-state index is 12.9. The van der Waals surface area contributed by atoms with Gasteiger partial charge in [-0.2, -0.15) is 13.2 Å². The molecule has 2 amide bonds. The number of alkyl halides is 3. The molecule has 1 aromatic carbocycles. The van der Waals surface area contributed by atoms with Crippen LogP contribution < -0.4 is 4.90 Å². The normalized spacial score (nSPS) is 38.8. The first-order valence-electron chi connectivity index (χ1n) is 8.59. The summed E-state index contributed by atoms with van der Waals surface area (Å²) in [6.45, 7) is 0. The van der Waals surface area contributed by atoms with Gasteiger partial charge in [-0.05, 0) is 79.0 Å². The third kappa shape index (κ3) is 2.27. The second-order valence-electron chi connectivity index (χ2n) is 7.57. The summed E-state index contributed by atoms with van der Waals surface area (Å²) in [5.41, 5.74) is -3.96. The molecule has 0 spiro atoms. The van der Waals surface area contributed by atoms with E-state index >= 15 is 0 Å². The van der Waals surface area contributed by atoms with E-state index in [0.29, 0.717) is 29.4 Å². The van der Waals surface area contributed by atoms with Crippen LogP contribution in [0.25, 0.3) is 0 Å². The molecule has 1 aromatic rings. The van der Waals surface area contributed by atoms with Crippen molar-refractivity contribution in [1.82, 2.24) is 0 Å². The second-order valence-corrected chi connectivity index (χ2v) is 8.71. The van der Waals surface area contributed by atoms with Gasteiger partial charge in [0.1, 0.15) is 0 Å². The van der Waals surface area contributed by atoms with Crippen LogP contribution in [0, 0.1) is 35.5 Å². The summed E-state index contributed by atoms with van der Waals surface area (Å²) >= 11 is -0.198. The highest BCUT2D eigenvalue weighted by atomic mass is 32.2. The minimum absolute atomic E-state index is 0.0501. The number of rotatable bonds is 2. The van der Waals surface area contributed by atoms with Crippen LogP contribution in [0.4, 0.5) is 18.9 Å². The van der Waals surface area contributed by atoms with E-state index in [-0.39, 0.29) is 40.3 Å². The molecule has 6 rings (SSSR count). The number of amides is 2. The number of thioether (sulfide) groups is 1. The minimum atomic E-state index is -4.35. The van der Waals surface area contributed by atoms with Crippen LogP contribution in [0.3, 0.4) is 0 Å². The summed E-state index contributed by atoms with van der Waals surface area (Å²) in [5.74, 6) is 1.16. The zero-order valence-corrected chi connectivity index (χ0v) is 14.0. The summed E-state index contributed by atoms with van der Waals surface area (Å²) in [6.07, 6.45) is 3.22. The lowest BCUT2D eigenvalue weighted by molar-refractivity contribution is -0.129. The summed E-state index contributed by atoms with van der Waals surface area (Å²) in [4.78, 5) is 27.2. The molecule has 25 heavy (non-hydrogen) atoms. The molecule has 2 bridgehead atoms. The predicted octanol–water partition coefficient (Wildman–Crippen LogP) is 4.08. The topological polar surface area (TPSA) is 37.4 Å². The summed E-state index contributed by atoms with van der Waals surface area (Å²) < 4.78 is 37.3. The van der Waals surface area contributed by atoms with Crippen LogP contribution >= 0.6 is 11.8 Å². The van der Waals surface area contributed by atoms with Crippen molar-refractivity contribution < 1.29 is 22.8 Å². The molecule has 1 saturated heterocycles. The van der Waals surface area contributed by atoms with Crippen molar-refractivity contribution >= 4 is 29.3 Å². The number of fused-ring (bicyclic) bond motifs is 1. The van der Waals surface area contributed by atoms with Crippen LogP contribution in [0.15, 0.2) is 29.2 Å². The number of anilines is 1. The smallest absolute Gasteiger partial charge is 0.274 e. The number of carbonyl (C=O) groups is 2. The Hall–Kier alpha value is -1.50. The third-order valence-electron chi connectivity index (χ3n) is 6.47. The van der Waals surface area contributed by atoms with Gasteiger partial charge in [-0.15, -0.1) is 0 Å². The fraction of sp³-hybridized carbons (Fsp3) is 0.556. The Kier molecular flexibility index (Phi) is 3.16. The lowest BCUT2D eigenvalue weighted by Crippen LogP contribution is -2.43. The van der Waals surface area contributed by atoms with Crippen molar-refractivity contribution in [2.45, 2.75) is 29.7 Å². The molecule has 1 aliphatic heterocycles. The molecule has 3 nitrogen and oxygen atoms in total. The van der Waals surface area contributed by atoms with Crippen LogP contribution in [-0.4, -0.2) is 17.3 Å². The van der Waals surface area contributed by atoms with E-state index in [4.69, 9.17) is 0 Å². The Labute approximate surface area is 146 Å². The van der Waals surface area contributed by atoms with Gasteiger partial charge in [0.2, 0.25) is 11.8 Å². The van der Waals surface area contributed by atoms with E-state index in [9.17, 15) is 22.8 Å². The molecule has 0 radical (unpaired) electrons. The molecule has 5 aliphatic rings. The quantitative estimate of drug-likeness (QED) is 0.584. The Bertz CT molecular complexity index is 729. The maximum atomic E-state index is 12.9. The van der Waals surface area contributed by atoms with Gasteiger partial charge in [0, 0.05) is 4.90 Å². The monoisotopic (exact) mass is 367 g/mol. The lowest BCUT2D eigenvalue weighted by atomic mass is 9.59. The van der Waals surface area contributed by atoms with E-state index in [1.54, 1.807) is 0 Å². The molecule has 5 fully saturated rings. The van der Waals surface area contributed by atoms with Gasteiger partial charge in [0.15, 0.2) is 0 Å². The van der Waals surface area contributed by atoms with Crippen molar-refractivity contribution in [2.24, 2.45) is 35.5 Å². The van der Waals surface area contributed by atoms with Crippen molar-refractivity contribution in [3.63, 3.8) is 0 Å². The fourth-order valence-corrected chi connectivity index (χ4v) is 6.13. The fourth-order valence-electron chi connectivity index (χ4n) is 5.59. The Balaban J connectivity index is 1.43. The van der Waals surface area contributed by atoms with Gasteiger partial charge in [0.05, 0.1) is 17.5 Å². The zero-order chi connectivity index (χ0) is 17.5. The number of hydrogen-bond donors (Lipinski definition) is 0. The maximum Gasteiger partial charge on any atom is 0.446 e. The number of halogens is 3. The van der Waals surface area contributed by atoms with Crippen LogP contribution in [0.2, 0.25) is 0 Å². The van der Waals surface area contributed by atoms with Crippen LogP contribution in [0.1, 0.15) is 19.3 Å². The molecule has 4 aliphatic carbocycles. The highest BCUT2D eigenvalue weighted by Gasteiger charge is 2.68. The van der Waals surface area contributed by atoms with Crippen LogP contribution in [0.5, 0.6) is 0 Å². The molecule has 6 atom stereocenters. The second kappa shape index (κ2) is 5.02. The Morgan fingerprint density at radius 1 is 0.880 bits per heavy atom. The first kappa shape index (κ1) is 15.7. The first-order chi connectivity index (χ1) is 11.8. The molecule has 7 heteroatoms. The summed E-state index contributed by atoms with van der Waals surface area (Å²) in [6, 6.07) is 5.54. The third-order valence-corrected chi connectivity index (χ3v) is 7.21. The van der Waals surface area contributed by atoms with Crippen molar-refractivity contribution in [3.05, 3.63) is 24.3 Å². The van der Waals surface area contributed by atoms with Gasteiger partial charge >= 0.3 is 5.51 Å². The largest absolute Gasteiger partial charge is 0.446 e. The number of imide groups is 1. The lowest BCUT2D eigenvalue weighted by Gasteiger charge is -2.42. The van der Waals surface area contributed by atoms with Crippen molar-refractivity contribution in [3.8, 4) is 0 Å². The number of nitrogens with zero attached hydrogens (tertiary/aromatic N) is 1. The van der Waals surface area contributed by atoms with E-state index in [1.165, 1.54) is 29.2 Å². The summed E-state index contributed by atoms with van der Waals surface area (Å²) in [5, 5.41) is 0. The van der Waals surface area contributed by atoms with Crippen molar-refractivity contribution in [2.75, 3.05) is 4.90 Å². The molecule has 0 aromatic heterocycles. The van der Waals surface area contributed by atoms with Gasteiger partial charge in [-0.1, -0.05) is 0 Å². The van der Waals surface area contributed by atoms with E-state index in [2.05, 4.69) is 0 Å². The zero-order valence-electron chi connectivity index (χ0n) is 13.2. The summed E-state index contributed by atoms with van der Waals surface area (Å²) in [7, 11) is 0. The molecular weight excluding hydrogens is 351 g/mol. The van der Waals surface area contributed by atoms with E-state index in [1.807, 2.05) is 0 Å². The first-order valence-corrected chi connectivity index (χ1v) is 9.40. The van der Waals surface area contributed by atoms with E-state index in [0.717, 1.165) is 19.3 Å². The van der Waals surface area contributed by atoms with Crippen LogP contribution in [-0.2, 0) is 9.59 Å². The number of benzene rings is 1. The van der Waals surface area contributed by atoms with E-state index < -0.39 is 5.51 Å². The molecule has 4 saturated carbocycles. The molecular formula is C18H16F3NO2S. The average molecular weight is 367 g/mol. The highest BCUT2D eigenvalue weighted by Crippen LogP contribution is 2.68. The molecule has 132 valence electrons. The van der Waals surface area contributed by atoms with Gasteiger partial charge in [0.25, 0.3) is 0 Å². The Morgan fingerprint density at radius 3 is 1.88 bits per heavy atom. The predicted molar refractivity (Wildman–Crippen MR) is 85.6 cm³/mol. The van der Waals surface area contributed by atoms with Crippen molar-refractivity contribution in [1.29, 1.82) is 0 Å². The molecule has 0 unspecified atom stereocenters. The molecule has 1 heterocycles. The number of hydrogen-bond acceptors (Lipinski definition) is 3. The highest BCUT2D eigenvalue weighted by molar-refractivity contribution is 8.00. The minimum Gasteiger partial charge on any atom is -0.274 e. The average Bonchev–Trinajstić information content (AvgIpc) is 3.32. The van der Waals surface area contributed by atoms with Gasteiger partial charge < -0.3 is 0 Å². The Morgan fingerprint density at radius 2 is 1.40 bits per heavy atom. The standard InChI is InChI=1S/C18H16F3NO2S/c19-18(20,21)25-9-3-1-8(2-4-9)22-16(23)14-10-5-6-11(13-7-12(10)13)15(14)17(22)24/h1-4,10-15H,5-7H2/t10-,11+,12+,13-,14-,15+. The number of carbonyl (C=O) groups excluding carboxylic acids is 2. The van der Waals surface area contributed by atoms with Gasteiger partial charge in [-0.25, -0.2) is 0 Å². The SMILES string of the molecule is O=C1[C@@H]2[C@@H]3CC[C@@H]([C@H]4C[C@H]43)[C@@H]2C(=O)N1c1ccc(SC(F)(F)F)cc1. The molecule has 0 N–H and O–H groups in total. The van der Waals surface area contributed by atoms with Gasteiger partial charge in [-0.3, -0.25) is 14.5 Å².